The number of sulfonamides is 1. The highest BCUT2D eigenvalue weighted by molar-refractivity contribution is 7.88. The van der Waals surface area contributed by atoms with Crippen LogP contribution in [0.15, 0.2) is 24.3 Å². The van der Waals surface area contributed by atoms with Crippen LogP contribution in [0.2, 0.25) is 5.02 Å². The third-order valence-corrected chi connectivity index (χ3v) is 5.93. The van der Waals surface area contributed by atoms with Crippen molar-refractivity contribution in [2.24, 2.45) is 5.92 Å². The fourth-order valence-electron chi connectivity index (χ4n) is 2.58. The van der Waals surface area contributed by atoms with E-state index >= 15 is 0 Å². The number of carboxylic acid groups (broad SMARTS) is 1. The van der Waals surface area contributed by atoms with Crippen LogP contribution in [-0.4, -0.2) is 36.4 Å². The molecule has 1 aliphatic heterocycles. The van der Waals surface area contributed by atoms with Crippen molar-refractivity contribution >= 4 is 27.6 Å². The molecule has 2 rings (SSSR count). The molecule has 0 amide bonds. The van der Waals surface area contributed by atoms with Gasteiger partial charge in [-0.05, 0) is 37.5 Å². The third kappa shape index (κ3) is 3.96. The largest absolute Gasteiger partial charge is 0.481 e. The zero-order valence-corrected chi connectivity index (χ0v) is 13.3. The molecular formula is C14H18ClNO4S. The van der Waals surface area contributed by atoms with E-state index < -0.39 is 21.9 Å². The Kier molecular flexibility index (Phi) is 4.91. The fraction of sp³-hybridized carbons (Fsp3) is 0.500. The van der Waals surface area contributed by atoms with Gasteiger partial charge in [0.25, 0.3) is 0 Å². The number of hydrogen-bond acceptors (Lipinski definition) is 3. The Bertz CT molecular complexity index is 632. The monoisotopic (exact) mass is 331 g/mol. The molecule has 21 heavy (non-hydrogen) atoms. The van der Waals surface area contributed by atoms with Crippen LogP contribution in [0.25, 0.3) is 0 Å². The van der Waals surface area contributed by atoms with E-state index in [4.69, 9.17) is 16.7 Å². The molecular weight excluding hydrogens is 314 g/mol. The topological polar surface area (TPSA) is 74.7 Å². The van der Waals surface area contributed by atoms with Crippen LogP contribution in [0.1, 0.15) is 25.3 Å². The fourth-order valence-corrected chi connectivity index (χ4v) is 4.62. The Morgan fingerprint density at radius 3 is 2.76 bits per heavy atom. The second kappa shape index (κ2) is 6.34. The van der Waals surface area contributed by atoms with Gasteiger partial charge in [-0.15, -0.1) is 0 Å². The average Bonchev–Trinajstić information content (AvgIpc) is 2.38. The summed E-state index contributed by atoms with van der Waals surface area (Å²) in [6, 6.07) is 6.52. The molecule has 1 fully saturated rings. The maximum absolute atomic E-state index is 12.5. The summed E-state index contributed by atoms with van der Waals surface area (Å²) in [6.45, 7) is 1.85. The highest BCUT2D eigenvalue weighted by Crippen LogP contribution is 2.26. The molecule has 5 nitrogen and oxygen atoms in total. The highest BCUT2D eigenvalue weighted by Gasteiger charge is 2.36. The minimum absolute atomic E-state index is 0.0411. The summed E-state index contributed by atoms with van der Waals surface area (Å²) >= 11 is 5.87. The molecule has 0 aliphatic carbocycles. The molecule has 116 valence electrons. The van der Waals surface area contributed by atoms with Gasteiger partial charge >= 0.3 is 5.97 Å². The second-order valence-electron chi connectivity index (χ2n) is 5.42. The van der Waals surface area contributed by atoms with Crippen LogP contribution in [0.4, 0.5) is 0 Å². The minimum Gasteiger partial charge on any atom is -0.481 e. The molecule has 2 unspecified atom stereocenters. The van der Waals surface area contributed by atoms with Crippen molar-refractivity contribution in [2.45, 2.75) is 31.6 Å². The average molecular weight is 332 g/mol. The van der Waals surface area contributed by atoms with E-state index in [-0.39, 0.29) is 18.3 Å². The van der Waals surface area contributed by atoms with Gasteiger partial charge < -0.3 is 5.11 Å². The molecule has 1 aromatic carbocycles. The van der Waals surface area contributed by atoms with Crippen molar-refractivity contribution in [3.05, 3.63) is 34.9 Å². The number of aliphatic carboxylic acids is 1. The number of carboxylic acids is 1. The molecule has 2 atom stereocenters. The van der Waals surface area contributed by atoms with E-state index in [0.717, 1.165) is 0 Å². The first-order valence-corrected chi connectivity index (χ1v) is 8.75. The molecule has 7 heteroatoms. The van der Waals surface area contributed by atoms with Crippen LogP contribution in [-0.2, 0) is 20.6 Å². The normalized spacial score (nSPS) is 23.9. The van der Waals surface area contributed by atoms with Gasteiger partial charge in [-0.2, -0.15) is 4.31 Å². The van der Waals surface area contributed by atoms with Gasteiger partial charge in [-0.1, -0.05) is 23.7 Å². The molecule has 0 aromatic heterocycles. The van der Waals surface area contributed by atoms with E-state index in [2.05, 4.69) is 0 Å². The second-order valence-corrected chi connectivity index (χ2v) is 7.78. The maximum Gasteiger partial charge on any atom is 0.307 e. The van der Waals surface area contributed by atoms with Crippen LogP contribution in [0.3, 0.4) is 0 Å². The number of halogens is 1. The van der Waals surface area contributed by atoms with E-state index in [9.17, 15) is 13.2 Å². The smallest absolute Gasteiger partial charge is 0.307 e. The summed E-state index contributed by atoms with van der Waals surface area (Å²) < 4.78 is 26.4. The minimum atomic E-state index is -3.56. The van der Waals surface area contributed by atoms with E-state index in [0.29, 0.717) is 23.4 Å². The summed E-state index contributed by atoms with van der Waals surface area (Å²) in [5.74, 6) is -1.73. The first-order valence-electron chi connectivity index (χ1n) is 6.76. The Morgan fingerprint density at radius 2 is 2.14 bits per heavy atom. The van der Waals surface area contributed by atoms with E-state index in [1.54, 1.807) is 24.3 Å². The Labute approximate surface area is 129 Å². The number of carbonyl (C=O) groups is 1. The molecule has 0 spiro atoms. The predicted octanol–water partition coefficient (Wildman–Crippen LogP) is 2.35. The quantitative estimate of drug-likeness (QED) is 0.919. The molecule has 1 N–H and O–H groups in total. The van der Waals surface area contributed by atoms with E-state index in [1.165, 1.54) is 4.31 Å². The van der Waals surface area contributed by atoms with Gasteiger partial charge in [0.1, 0.15) is 0 Å². The lowest BCUT2D eigenvalue weighted by molar-refractivity contribution is -0.143. The standard InChI is InChI=1S/C14H18ClNO4S/c1-10-5-6-12(14(17)18)8-16(10)21(19,20)9-11-3-2-4-13(15)7-11/h2-4,7,10,12H,5-6,8-9H2,1H3,(H,17,18). The Morgan fingerprint density at radius 1 is 1.43 bits per heavy atom. The molecule has 0 bridgehead atoms. The number of benzene rings is 1. The Hall–Kier alpha value is -1.11. The SMILES string of the molecule is CC1CCC(C(=O)O)CN1S(=O)(=O)Cc1cccc(Cl)c1. The summed E-state index contributed by atoms with van der Waals surface area (Å²) in [7, 11) is -3.56. The van der Waals surface area contributed by atoms with Gasteiger partial charge in [-0.3, -0.25) is 4.79 Å². The number of piperidine rings is 1. The summed E-state index contributed by atoms with van der Waals surface area (Å²) in [6.07, 6.45) is 1.07. The Balaban J connectivity index is 2.19. The molecule has 1 saturated heterocycles. The van der Waals surface area contributed by atoms with Crippen molar-refractivity contribution < 1.29 is 18.3 Å². The molecule has 0 saturated carbocycles. The van der Waals surface area contributed by atoms with Gasteiger partial charge in [0.2, 0.25) is 10.0 Å². The molecule has 1 heterocycles. The van der Waals surface area contributed by atoms with Crippen LogP contribution < -0.4 is 0 Å². The van der Waals surface area contributed by atoms with Gasteiger partial charge in [-0.25, -0.2) is 8.42 Å². The highest BCUT2D eigenvalue weighted by atomic mass is 35.5. The van der Waals surface area contributed by atoms with Gasteiger partial charge in [0.05, 0.1) is 11.7 Å². The zero-order chi connectivity index (χ0) is 15.6. The number of hydrogen-bond donors (Lipinski definition) is 1. The van der Waals surface area contributed by atoms with Crippen molar-refractivity contribution in [2.75, 3.05) is 6.54 Å². The lowest BCUT2D eigenvalue weighted by atomic mass is 9.96. The third-order valence-electron chi connectivity index (χ3n) is 3.77. The van der Waals surface area contributed by atoms with Crippen LogP contribution >= 0.6 is 11.6 Å². The van der Waals surface area contributed by atoms with Crippen molar-refractivity contribution in [1.82, 2.24) is 4.31 Å². The predicted molar refractivity (Wildman–Crippen MR) is 80.6 cm³/mol. The first-order chi connectivity index (χ1) is 9.79. The van der Waals surface area contributed by atoms with Crippen molar-refractivity contribution in [1.29, 1.82) is 0 Å². The molecule has 1 aliphatic rings. The van der Waals surface area contributed by atoms with Crippen LogP contribution in [0.5, 0.6) is 0 Å². The first kappa shape index (κ1) is 16.3. The molecule has 0 radical (unpaired) electrons. The van der Waals surface area contributed by atoms with Crippen LogP contribution in [0, 0.1) is 5.92 Å². The lowest BCUT2D eigenvalue weighted by Crippen LogP contribution is -2.47. The number of nitrogens with zero attached hydrogens (tertiary/aromatic N) is 1. The summed E-state index contributed by atoms with van der Waals surface area (Å²) in [4.78, 5) is 11.1. The van der Waals surface area contributed by atoms with Gasteiger partial charge in [0, 0.05) is 17.6 Å². The summed E-state index contributed by atoms with van der Waals surface area (Å²) in [5.41, 5.74) is 0.604. The maximum atomic E-state index is 12.5. The summed E-state index contributed by atoms with van der Waals surface area (Å²) in [5, 5.41) is 9.58. The zero-order valence-electron chi connectivity index (χ0n) is 11.7. The van der Waals surface area contributed by atoms with Gasteiger partial charge in [0.15, 0.2) is 0 Å². The lowest BCUT2D eigenvalue weighted by Gasteiger charge is -2.35. The number of rotatable bonds is 4. The van der Waals surface area contributed by atoms with Crippen molar-refractivity contribution in [3.8, 4) is 0 Å². The molecule has 1 aromatic rings. The van der Waals surface area contributed by atoms with Crippen molar-refractivity contribution in [3.63, 3.8) is 0 Å². The van der Waals surface area contributed by atoms with E-state index in [1.807, 2.05) is 6.92 Å².